The lowest BCUT2D eigenvalue weighted by molar-refractivity contribution is 0.0701. The fraction of sp³-hybridized carbons (Fsp3) is 0.421. The van der Waals surface area contributed by atoms with Crippen LogP contribution in [0.25, 0.3) is 0 Å². The number of nitrogens with zero attached hydrogens (tertiary/aromatic N) is 3. The molecule has 1 fully saturated rings. The maximum Gasteiger partial charge on any atom is 0.274 e. The number of sulfone groups is 1. The van der Waals surface area contributed by atoms with E-state index in [1.165, 1.54) is 11.1 Å². The van der Waals surface area contributed by atoms with Crippen molar-refractivity contribution in [3.05, 3.63) is 53.2 Å². The summed E-state index contributed by atoms with van der Waals surface area (Å²) in [5, 5.41) is 11.3. The van der Waals surface area contributed by atoms with Crippen molar-refractivity contribution in [2.75, 3.05) is 23.4 Å². The van der Waals surface area contributed by atoms with Gasteiger partial charge in [0.25, 0.3) is 5.91 Å². The average Bonchev–Trinajstić information content (AvgIpc) is 3.01. The zero-order chi connectivity index (χ0) is 19.4. The van der Waals surface area contributed by atoms with Crippen LogP contribution in [-0.2, 0) is 16.4 Å². The highest BCUT2D eigenvalue weighted by atomic mass is 32.2. The lowest BCUT2D eigenvalue weighted by Crippen LogP contribution is -2.41. The number of anilines is 1. The summed E-state index contributed by atoms with van der Waals surface area (Å²) in [5.41, 5.74) is 2.58. The number of carbonyl (C=O) groups excluding carboxylic acids is 1. The Bertz CT molecular complexity index is 913. The molecule has 0 radical (unpaired) electrons. The topological polar surface area (TPSA) is 92.3 Å². The molecule has 1 aromatic carbocycles. The number of hydrogen-bond donors (Lipinski definition) is 1. The summed E-state index contributed by atoms with van der Waals surface area (Å²) in [6, 6.07) is 11.1. The third kappa shape index (κ3) is 4.63. The van der Waals surface area contributed by atoms with Gasteiger partial charge < -0.3 is 10.2 Å². The van der Waals surface area contributed by atoms with Crippen LogP contribution in [0.15, 0.2) is 36.4 Å². The maximum atomic E-state index is 12.7. The molecule has 0 saturated carbocycles. The molecule has 2 heterocycles. The zero-order valence-corrected chi connectivity index (χ0v) is 16.4. The Balaban J connectivity index is 1.65. The Morgan fingerprint density at radius 3 is 2.59 bits per heavy atom. The number of rotatable bonds is 6. The lowest BCUT2D eigenvalue weighted by atomic mass is 10.1. The van der Waals surface area contributed by atoms with E-state index in [0.29, 0.717) is 25.3 Å². The van der Waals surface area contributed by atoms with Gasteiger partial charge in [-0.2, -0.15) is 0 Å². The number of hydrogen-bond acceptors (Lipinski definition) is 6. The first-order valence-corrected chi connectivity index (χ1v) is 10.9. The van der Waals surface area contributed by atoms with Crippen LogP contribution < -0.4 is 5.32 Å². The smallest absolute Gasteiger partial charge is 0.274 e. The Hall–Kier alpha value is -2.48. The van der Waals surface area contributed by atoms with Crippen LogP contribution in [0.4, 0.5) is 5.82 Å². The zero-order valence-electron chi connectivity index (χ0n) is 15.6. The number of aromatic nitrogens is 2. The first kappa shape index (κ1) is 19.3. The highest BCUT2D eigenvalue weighted by molar-refractivity contribution is 7.91. The third-order valence-corrected chi connectivity index (χ3v) is 6.61. The molecule has 0 spiro atoms. The molecule has 1 atom stereocenters. The predicted octanol–water partition coefficient (Wildman–Crippen LogP) is 2.05. The third-order valence-electron chi connectivity index (χ3n) is 4.86. The molecule has 1 amide bonds. The summed E-state index contributed by atoms with van der Waals surface area (Å²) in [7, 11) is -3.05. The van der Waals surface area contributed by atoms with Crippen LogP contribution in [0, 0.1) is 6.92 Å². The number of nitrogens with one attached hydrogen (secondary N) is 1. The van der Waals surface area contributed by atoms with Gasteiger partial charge in [-0.05, 0) is 43.5 Å². The van der Waals surface area contributed by atoms with Crippen molar-refractivity contribution in [1.29, 1.82) is 0 Å². The van der Waals surface area contributed by atoms with E-state index in [1.54, 1.807) is 17.0 Å². The SMILES string of the molecule is CCN(C(=O)c1ccc(NCc2ccccc2C)nn1)C1CCS(=O)(=O)C1. The standard InChI is InChI=1S/C19H24N4O3S/c1-3-23(16-10-11-27(25,26)13-16)19(24)17-8-9-18(22-21-17)20-12-15-7-5-4-6-14(15)2/h4-9,16H,3,10-13H2,1-2H3,(H,20,22). The molecular formula is C19H24N4O3S. The van der Waals surface area contributed by atoms with E-state index in [-0.39, 0.29) is 29.1 Å². The van der Waals surface area contributed by atoms with Crippen molar-refractivity contribution in [3.8, 4) is 0 Å². The van der Waals surface area contributed by atoms with Gasteiger partial charge >= 0.3 is 0 Å². The predicted molar refractivity (Wildman–Crippen MR) is 104 cm³/mol. The first-order chi connectivity index (χ1) is 12.9. The van der Waals surface area contributed by atoms with Crippen LogP contribution >= 0.6 is 0 Å². The Morgan fingerprint density at radius 2 is 2.00 bits per heavy atom. The molecule has 1 unspecified atom stereocenters. The van der Waals surface area contributed by atoms with E-state index in [1.807, 2.05) is 38.1 Å². The van der Waals surface area contributed by atoms with Gasteiger partial charge in [0.05, 0.1) is 11.5 Å². The number of carbonyl (C=O) groups is 1. The van der Waals surface area contributed by atoms with Crippen LogP contribution in [-0.4, -0.2) is 53.5 Å². The van der Waals surface area contributed by atoms with Gasteiger partial charge in [0, 0.05) is 19.1 Å². The molecule has 8 heteroatoms. The Morgan fingerprint density at radius 1 is 1.22 bits per heavy atom. The van der Waals surface area contributed by atoms with E-state index < -0.39 is 9.84 Å². The minimum Gasteiger partial charge on any atom is -0.364 e. The van der Waals surface area contributed by atoms with Gasteiger partial charge in [0.1, 0.15) is 5.82 Å². The van der Waals surface area contributed by atoms with E-state index >= 15 is 0 Å². The molecule has 7 nitrogen and oxygen atoms in total. The molecule has 0 aliphatic carbocycles. The van der Waals surface area contributed by atoms with Gasteiger partial charge in [-0.1, -0.05) is 24.3 Å². The van der Waals surface area contributed by atoms with E-state index in [9.17, 15) is 13.2 Å². The summed E-state index contributed by atoms with van der Waals surface area (Å²) in [6.45, 7) is 4.95. The highest BCUT2D eigenvalue weighted by Gasteiger charge is 2.34. The second-order valence-electron chi connectivity index (χ2n) is 6.73. The highest BCUT2D eigenvalue weighted by Crippen LogP contribution is 2.19. The number of aryl methyl sites for hydroxylation is 1. The minimum atomic E-state index is -3.05. The van der Waals surface area contributed by atoms with E-state index in [2.05, 4.69) is 15.5 Å². The van der Waals surface area contributed by atoms with Gasteiger partial charge in [-0.25, -0.2) is 8.42 Å². The minimum absolute atomic E-state index is 0.0239. The molecule has 27 heavy (non-hydrogen) atoms. The molecule has 144 valence electrons. The fourth-order valence-electron chi connectivity index (χ4n) is 3.27. The molecule has 2 aromatic rings. The normalized spacial score (nSPS) is 18.2. The second-order valence-corrected chi connectivity index (χ2v) is 8.96. The molecule has 1 aliphatic heterocycles. The van der Waals surface area contributed by atoms with Crippen molar-refractivity contribution in [2.24, 2.45) is 0 Å². The quantitative estimate of drug-likeness (QED) is 0.814. The van der Waals surface area contributed by atoms with Crippen molar-refractivity contribution in [2.45, 2.75) is 32.9 Å². The summed E-state index contributed by atoms with van der Waals surface area (Å²) in [4.78, 5) is 14.3. The van der Waals surface area contributed by atoms with Crippen molar-refractivity contribution >= 4 is 21.6 Å². The van der Waals surface area contributed by atoms with Gasteiger partial charge in [-0.3, -0.25) is 4.79 Å². The molecular weight excluding hydrogens is 364 g/mol. The summed E-state index contributed by atoms with van der Waals surface area (Å²) in [6.07, 6.45) is 0.478. The summed E-state index contributed by atoms with van der Waals surface area (Å²) in [5.74, 6) is 0.462. The largest absolute Gasteiger partial charge is 0.364 e. The van der Waals surface area contributed by atoms with Crippen molar-refractivity contribution in [1.82, 2.24) is 15.1 Å². The number of benzene rings is 1. The van der Waals surface area contributed by atoms with Crippen LogP contribution in [0.5, 0.6) is 0 Å². The molecule has 0 bridgehead atoms. The first-order valence-electron chi connectivity index (χ1n) is 9.03. The number of amides is 1. The lowest BCUT2D eigenvalue weighted by Gasteiger charge is -2.26. The Labute approximate surface area is 159 Å². The molecule has 1 aromatic heterocycles. The van der Waals surface area contributed by atoms with Crippen LogP contribution in [0.2, 0.25) is 0 Å². The average molecular weight is 388 g/mol. The monoisotopic (exact) mass is 388 g/mol. The summed E-state index contributed by atoms with van der Waals surface area (Å²) < 4.78 is 23.4. The molecule has 1 saturated heterocycles. The van der Waals surface area contributed by atoms with E-state index in [0.717, 1.165) is 0 Å². The maximum absolute atomic E-state index is 12.7. The molecule has 1 aliphatic rings. The van der Waals surface area contributed by atoms with Crippen molar-refractivity contribution < 1.29 is 13.2 Å². The van der Waals surface area contributed by atoms with E-state index in [4.69, 9.17) is 0 Å². The van der Waals surface area contributed by atoms with Crippen molar-refractivity contribution in [3.63, 3.8) is 0 Å². The molecule has 3 rings (SSSR count). The van der Waals surface area contributed by atoms with Crippen LogP contribution in [0.3, 0.4) is 0 Å². The van der Waals surface area contributed by atoms with Gasteiger partial charge in [-0.15, -0.1) is 10.2 Å². The Kier molecular flexibility index (Phi) is 5.74. The van der Waals surface area contributed by atoms with Gasteiger partial charge in [0.2, 0.25) is 0 Å². The second kappa shape index (κ2) is 8.04. The molecule has 1 N–H and O–H groups in total. The summed E-state index contributed by atoms with van der Waals surface area (Å²) >= 11 is 0. The van der Waals surface area contributed by atoms with Crippen LogP contribution in [0.1, 0.15) is 35.0 Å². The van der Waals surface area contributed by atoms with Gasteiger partial charge in [0.15, 0.2) is 15.5 Å². The fourth-order valence-corrected chi connectivity index (χ4v) is 5.00.